The topological polar surface area (TPSA) is 55.4 Å². The molecule has 0 fully saturated rings. The first kappa shape index (κ1) is 18.7. The number of rotatable bonds is 8. The summed E-state index contributed by atoms with van der Waals surface area (Å²) in [6.45, 7) is 8.03. The van der Waals surface area contributed by atoms with Crippen molar-refractivity contribution in [3.8, 4) is 5.75 Å². The molecular formula is C17H24BrNO3. The minimum Gasteiger partial charge on any atom is -0.492 e. The van der Waals surface area contributed by atoms with Gasteiger partial charge in [-0.05, 0) is 31.5 Å². The highest BCUT2D eigenvalue weighted by atomic mass is 79.9. The number of hydrogen-bond acceptors (Lipinski definition) is 3. The van der Waals surface area contributed by atoms with Crippen molar-refractivity contribution in [2.24, 2.45) is 5.92 Å². The van der Waals surface area contributed by atoms with E-state index in [9.17, 15) is 9.59 Å². The van der Waals surface area contributed by atoms with Crippen molar-refractivity contribution < 1.29 is 14.3 Å². The first-order valence-corrected chi connectivity index (χ1v) is 8.58. The summed E-state index contributed by atoms with van der Waals surface area (Å²) in [6.07, 6.45) is 1.72. The Labute approximate surface area is 140 Å². The molecule has 22 heavy (non-hydrogen) atoms. The van der Waals surface area contributed by atoms with E-state index in [2.05, 4.69) is 21.2 Å². The molecule has 0 aliphatic rings. The molecule has 1 aromatic carbocycles. The van der Waals surface area contributed by atoms with E-state index in [1.54, 1.807) is 18.2 Å². The summed E-state index contributed by atoms with van der Waals surface area (Å²) in [4.78, 5) is 24.0. The van der Waals surface area contributed by atoms with Crippen LogP contribution in [0.2, 0.25) is 0 Å². The van der Waals surface area contributed by atoms with Gasteiger partial charge < -0.3 is 10.1 Å². The van der Waals surface area contributed by atoms with E-state index in [0.717, 1.165) is 12.8 Å². The Bertz CT molecular complexity index is 529. The van der Waals surface area contributed by atoms with Crippen molar-refractivity contribution in [1.82, 2.24) is 0 Å². The summed E-state index contributed by atoms with van der Waals surface area (Å²) < 4.78 is 5.57. The highest BCUT2D eigenvalue weighted by molar-refractivity contribution is 9.10. The smallest absolute Gasteiger partial charge is 0.227 e. The second-order valence-electron chi connectivity index (χ2n) is 5.41. The molecule has 0 bridgehead atoms. The largest absolute Gasteiger partial charge is 0.492 e. The van der Waals surface area contributed by atoms with Crippen LogP contribution in [0.1, 0.15) is 50.9 Å². The van der Waals surface area contributed by atoms with Crippen LogP contribution >= 0.6 is 15.9 Å². The summed E-state index contributed by atoms with van der Waals surface area (Å²) in [5.41, 5.74) is 1.18. The number of Topliss-reactive ketones (excluding diaryl/α,β-unsaturated/α-hetero) is 1. The molecule has 0 saturated carbocycles. The van der Waals surface area contributed by atoms with E-state index in [0.29, 0.717) is 23.6 Å². The van der Waals surface area contributed by atoms with Gasteiger partial charge in [-0.2, -0.15) is 0 Å². The zero-order chi connectivity index (χ0) is 16.7. The average Bonchev–Trinajstić information content (AvgIpc) is 2.48. The van der Waals surface area contributed by atoms with Gasteiger partial charge in [-0.15, -0.1) is 0 Å². The molecule has 1 atom stereocenters. The van der Waals surface area contributed by atoms with Crippen molar-refractivity contribution in [2.45, 2.75) is 45.4 Å². The number of amides is 1. The Morgan fingerprint density at radius 3 is 2.50 bits per heavy atom. The van der Waals surface area contributed by atoms with Gasteiger partial charge in [0.25, 0.3) is 0 Å². The van der Waals surface area contributed by atoms with Gasteiger partial charge in [0.2, 0.25) is 5.91 Å². The standard InChI is InChI=1S/C17H24BrNO3/c1-5-7-13(18)16(20)12-8-9-14(15(10-12)22-6-2)19-17(21)11(3)4/h8-11,13H,5-7H2,1-4H3,(H,19,21). The van der Waals surface area contributed by atoms with Gasteiger partial charge >= 0.3 is 0 Å². The molecule has 4 nitrogen and oxygen atoms in total. The molecule has 1 aromatic rings. The lowest BCUT2D eigenvalue weighted by molar-refractivity contribution is -0.118. The normalized spacial score (nSPS) is 12.1. The third-order valence-electron chi connectivity index (χ3n) is 3.17. The number of ketones is 1. The molecule has 0 aromatic heterocycles. The molecule has 0 aliphatic carbocycles. The fourth-order valence-corrected chi connectivity index (χ4v) is 2.62. The summed E-state index contributed by atoms with van der Waals surface area (Å²) in [7, 11) is 0. The molecule has 1 amide bonds. The second-order valence-corrected chi connectivity index (χ2v) is 6.51. The van der Waals surface area contributed by atoms with Crippen molar-refractivity contribution in [1.29, 1.82) is 0 Å². The Kier molecular flexibility index (Phi) is 7.59. The first-order valence-electron chi connectivity index (χ1n) is 7.66. The van der Waals surface area contributed by atoms with E-state index in [1.807, 2.05) is 27.7 Å². The number of benzene rings is 1. The number of alkyl halides is 1. The number of halogens is 1. The first-order chi connectivity index (χ1) is 10.4. The van der Waals surface area contributed by atoms with Crippen molar-refractivity contribution in [3.05, 3.63) is 23.8 Å². The number of ether oxygens (including phenoxy) is 1. The molecule has 0 saturated heterocycles. The highest BCUT2D eigenvalue weighted by Crippen LogP contribution is 2.28. The average molecular weight is 370 g/mol. The molecule has 0 aliphatic heterocycles. The van der Waals surface area contributed by atoms with Crippen LogP contribution in [0, 0.1) is 5.92 Å². The quantitative estimate of drug-likeness (QED) is 0.544. The lowest BCUT2D eigenvalue weighted by Gasteiger charge is -2.15. The van der Waals surface area contributed by atoms with Crippen LogP contribution in [0.15, 0.2) is 18.2 Å². The number of carbonyl (C=O) groups excluding carboxylic acids is 2. The number of carbonyl (C=O) groups is 2. The van der Waals surface area contributed by atoms with Crippen LogP contribution in [0.4, 0.5) is 5.69 Å². The molecule has 0 radical (unpaired) electrons. The minimum atomic E-state index is -0.192. The fourth-order valence-electron chi connectivity index (χ4n) is 1.90. The Hall–Kier alpha value is -1.36. The summed E-state index contributed by atoms with van der Waals surface area (Å²) in [6, 6.07) is 5.15. The maximum atomic E-state index is 12.3. The highest BCUT2D eigenvalue weighted by Gasteiger charge is 2.18. The summed E-state index contributed by atoms with van der Waals surface area (Å²) >= 11 is 3.42. The number of hydrogen-bond donors (Lipinski definition) is 1. The van der Waals surface area contributed by atoms with Gasteiger partial charge in [-0.25, -0.2) is 0 Å². The summed E-state index contributed by atoms with van der Waals surface area (Å²) in [5.74, 6) is 0.361. The van der Waals surface area contributed by atoms with Crippen molar-refractivity contribution in [3.63, 3.8) is 0 Å². The maximum absolute atomic E-state index is 12.3. The van der Waals surface area contributed by atoms with Crippen molar-refractivity contribution >= 4 is 33.3 Å². The predicted molar refractivity (Wildman–Crippen MR) is 93.0 cm³/mol. The Morgan fingerprint density at radius 1 is 1.27 bits per heavy atom. The van der Waals surface area contributed by atoms with Crippen LogP contribution in [0.3, 0.4) is 0 Å². The molecule has 0 spiro atoms. The van der Waals surface area contributed by atoms with E-state index in [1.165, 1.54) is 0 Å². The third kappa shape index (κ3) is 5.13. The summed E-state index contributed by atoms with van der Waals surface area (Å²) in [5, 5.41) is 2.83. The van der Waals surface area contributed by atoms with Crippen LogP contribution in [-0.4, -0.2) is 23.1 Å². The Morgan fingerprint density at radius 2 is 1.95 bits per heavy atom. The van der Waals surface area contributed by atoms with Gasteiger partial charge in [0.15, 0.2) is 5.78 Å². The van der Waals surface area contributed by atoms with Gasteiger partial charge in [0.05, 0.1) is 17.1 Å². The molecule has 5 heteroatoms. The van der Waals surface area contributed by atoms with Gasteiger partial charge in [0, 0.05) is 11.5 Å². The van der Waals surface area contributed by atoms with Crippen LogP contribution in [0.5, 0.6) is 5.75 Å². The van der Waals surface area contributed by atoms with Crippen molar-refractivity contribution in [2.75, 3.05) is 11.9 Å². The molecule has 1 unspecified atom stereocenters. The molecule has 0 heterocycles. The fraction of sp³-hybridized carbons (Fsp3) is 0.529. The minimum absolute atomic E-state index is 0.0320. The Balaban J connectivity index is 3.03. The third-order valence-corrected chi connectivity index (χ3v) is 4.05. The monoisotopic (exact) mass is 369 g/mol. The van der Waals surface area contributed by atoms with Crippen LogP contribution in [0.25, 0.3) is 0 Å². The lowest BCUT2D eigenvalue weighted by Crippen LogP contribution is -2.19. The van der Waals surface area contributed by atoms with Crippen LogP contribution < -0.4 is 10.1 Å². The number of nitrogens with one attached hydrogen (secondary N) is 1. The molecule has 1 N–H and O–H groups in total. The lowest BCUT2D eigenvalue weighted by atomic mass is 10.0. The van der Waals surface area contributed by atoms with Gasteiger partial charge in [0.1, 0.15) is 5.75 Å². The van der Waals surface area contributed by atoms with Crippen LogP contribution in [-0.2, 0) is 4.79 Å². The van der Waals surface area contributed by atoms with Gasteiger partial charge in [-0.3, -0.25) is 9.59 Å². The predicted octanol–water partition coefficient (Wildman–Crippen LogP) is 4.43. The zero-order valence-electron chi connectivity index (χ0n) is 13.6. The number of anilines is 1. The maximum Gasteiger partial charge on any atom is 0.227 e. The van der Waals surface area contributed by atoms with Gasteiger partial charge in [-0.1, -0.05) is 43.1 Å². The SMILES string of the molecule is CCCC(Br)C(=O)c1ccc(NC(=O)C(C)C)c(OCC)c1. The zero-order valence-corrected chi connectivity index (χ0v) is 15.2. The molecule has 1 rings (SSSR count). The molecular weight excluding hydrogens is 346 g/mol. The van der Waals surface area contributed by atoms with E-state index in [-0.39, 0.29) is 22.4 Å². The van der Waals surface area contributed by atoms with E-state index < -0.39 is 0 Å². The van der Waals surface area contributed by atoms with E-state index in [4.69, 9.17) is 4.74 Å². The second kappa shape index (κ2) is 8.93. The van der Waals surface area contributed by atoms with E-state index >= 15 is 0 Å². The molecule has 122 valence electrons.